The van der Waals surface area contributed by atoms with Crippen LogP contribution < -0.4 is 4.90 Å². The van der Waals surface area contributed by atoms with Crippen molar-refractivity contribution < 1.29 is 0 Å². The maximum Gasteiger partial charge on any atom is 0.0389 e. The van der Waals surface area contributed by atoms with Crippen LogP contribution in [0.4, 0.5) is 5.69 Å². The van der Waals surface area contributed by atoms with Gasteiger partial charge in [0.2, 0.25) is 0 Å². The van der Waals surface area contributed by atoms with Gasteiger partial charge in [-0.3, -0.25) is 4.90 Å². The van der Waals surface area contributed by atoms with Crippen molar-refractivity contribution >= 4 is 5.69 Å². The van der Waals surface area contributed by atoms with Crippen molar-refractivity contribution in [3.63, 3.8) is 0 Å². The average molecular weight is 270 g/mol. The molecule has 2 unspecified atom stereocenters. The van der Waals surface area contributed by atoms with E-state index in [1.165, 1.54) is 63.8 Å². The minimum atomic E-state index is 0.656. The molecule has 0 radical (unpaired) electrons. The molecule has 0 spiro atoms. The minimum Gasteiger partial charge on any atom is -0.366 e. The third-order valence-electron chi connectivity index (χ3n) is 5.60. The zero-order valence-corrected chi connectivity index (χ0v) is 12.6. The van der Waals surface area contributed by atoms with Crippen LogP contribution in [-0.2, 0) is 12.8 Å². The van der Waals surface area contributed by atoms with Crippen LogP contribution in [0.25, 0.3) is 0 Å². The van der Waals surface area contributed by atoms with Gasteiger partial charge in [0.25, 0.3) is 0 Å². The second kappa shape index (κ2) is 5.07. The van der Waals surface area contributed by atoms with Gasteiger partial charge in [-0.1, -0.05) is 12.5 Å². The molecule has 0 saturated carbocycles. The van der Waals surface area contributed by atoms with Crippen LogP contribution in [-0.4, -0.2) is 36.6 Å². The van der Waals surface area contributed by atoms with Crippen LogP contribution >= 0.6 is 0 Å². The molecule has 2 aliphatic heterocycles. The van der Waals surface area contributed by atoms with Crippen LogP contribution in [0.3, 0.4) is 0 Å². The highest BCUT2D eigenvalue weighted by Crippen LogP contribution is 2.31. The molecule has 2 saturated heterocycles. The summed E-state index contributed by atoms with van der Waals surface area (Å²) < 4.78 is 0. The van der Waals surface area contributed by atoms with E-state index in [9.17, 15) is 0 Å². The first kappa shape index (κ1) is 12.7. The summed E-state index contributed by atoms with van der Waals surface area (Å²) in [5, 5.41) is 0. The van der Waals surface area contributed by atoms with Crippen molar-refractivity contribution in [1.82, 2.24) is 4.90 Å². The van der Waals surface area contributed by atoms with Crippen LogP contribution in [0.2, 0.25) is 0 Å². The quantitative estimate of drug-likeness (QED) is 0.773. The molecule has 1 aromatic carbocycles. The van der Waals surface area contributed by atoms with Crippen molar-refractivity contribution in [1.29, 1.82) is 0 Å². The van der Waals surface area contributed by atoms with Gasteiger partial charge in [-0.15, -0.1) is 0 Å². The highest BCUT2D eigenvalue weighted by Gasteiger charge is 2.33. The largest absolute Gasteiger partial charge is 0.366 e. The maximum absolute atomic E-state index is 2.73. The Kier molecular flexibility index (Phi) is 3.22. The number of hydrogen-bond acceptors (Lipinski definition) is 2. The van der Waals surface area contributed by atoms with Gasteiger partial charge in [0.05, 0.1) is 0 Å². The first-order valence-corrected chi connectivity index (χ1v) is 8.44. The smallest absolute Gasteiger partial charge is 0.0389 e. The van der Waals surface area contributed by atoms with Crippen molar-refractivity contribution in [2.24, 2.45) is 0 Å². The summed E-state index contributed by atoms with van der Waals surface area (Å²) in [6.07, 6.45) is 8.16. The SMILES string of the molecule is CC1CN2CCCCC2CN1c1ccc2c(c1)CCC2. The molecule has 2 fully saturated rings. The zero-order chi connectivity index (χ0) is 13.5. The summed E-state index contributed by atoms with van der Waals surface area (Å²) in [5.41, 5.74) is 4.68. The Morgan fingerprint density at radius 3 is 2.85 bits per heavy atom. The number of piperidine rings is 1. The van der Waals surface area contributed by atoms with Crippen molar-refractivity contribution in [2.45, 2.75) is 57.5 Å². The molecule has 20 heavy (non-hydrogen) atoms. The molecule has 3 aliphatic rings. The van der Waals surface area contributed by atoms with Crippen LogP contribution in [0.5, 0.6) is 0 Å². The number of anilines is 1. The van der Waals surface area contributed by atoms with E-state index in [-0.39, 0.29) is 0 Å². The van der Waals surface area contributed by atoms with Crippen molar-refractivity contribution in [3.05, 3.63) is 29.3 Å². The Hall–Kier alpha value is -1.02. The number of nitrogens with zero attached hydrogens (tertiary/aromatic N) is 2. The average Bonchev–Trinajstić information content (AvgIpc) is 2.94. The summed E-state index contributed by atoms with van der Waals surface area (Å²) in [7, 11) is 0. The first-order valence-electron chi connectivity index (χ1n) is 8.44. The lowest BCUT2D eigenvalue weighted by atomic mass is 9.96. The minimum absolute atomic E-state index is 0.656. The van der Waals surface area contributed by atoms with Crippen molar-refractivity contribution in [2.75, 3.05) is 24.5 Å². The molecule has 2 heteroatoms. The normalized spacial score (nSPS) is 30.1. The lowest BCUT2D eigenvalue weighted by Crippen LogP contribution is -2.58. The third-order valence-corrected chi connectivity index (χ3v) is 5.60. The lowest BCUT2D eigenvalue weighted by Gasteiger charge is -2.48. The molecule has 4 rings (SSSR count). The van der Waals surface area contributed by atoms with Gasteiger partial charge in [0.15, 0.2) is 0 Å². The highest BCUT2D eigenvalue weighted by atomic mass is 15.3. The fourth-order valence-corrected chi connectivity index (χ4v) is 4.45. The molecule has 2 heterocycles. The van der Waals surface area contributed by atoms with E-state index >= 15 is 0 Å². The van der Waals surface area contributed by atoms with E-state index in [1.807, 2.05) is 0 Å². The van der Waals surface area contributed by atoms with Gasteiger partial charge in [-0.25, -0.2) is 0 Å². The number of rotatable bonds is 1. The second-order valence-corrected chi connectivity index (χ2v) is 6.95. The zero-order valence-electron chi connectivity index (χ0n) is 12.6. The summed E-state index contributed by atoms with van der Waals surface area (Å²) in [4.78, 5) is 5.41. The summed E-state index contributed by atoms with van der Waals surface area (Å²) in [6, 6.07) is 8.70. The van der Waals surface area contributed by atoms with Gasteiger partial charge in [0, 0.05) is 30.9 Å². The molecule has 0 aromatic heterocycles. The molecule has 1 aromatic rings. The van der Waals surface area contributed by atoms with E-state index in [4.69, 9.17) is 0 Å². The Morgan fingerprint density at radius 2 is 1.90 bits per heavy atom. The molecule has 0 bridgehead atoms. The monoisotopic (exact) mass is 270 g/mol. The topological polar surface area (TPSA) is 6.48 Å². The molecule has 0 N–H and O–H groups in total. The van der Waals surface area contributed by atoms with Crippen LogP contribution in [0.1, 0.15) is 43.7 Å². The van der Waals surface area contributed by atoms with E-state index in [2.05, 4.69) is 34.9 Å². The van der Waals surface area contributed by atoms with E-state index in [0.29, 0.717) is 6.04 Å². The lowest BCUT2D eigenvalue weighted by molar-refractivity contribution is 0.115. The van der Waals surface area contributed by atoms with Crippen molar-refractivity contribution in [3.8, 4) is 0 Å². The molecule has 0 amide bonds. The van der Waals surface area contributed by atoms with Crippen LogP contribution in [0.15, 0.2) is 18.2 Å². The number of hydrogen-bond donors (Lipinski definition) is 0. The number of piperazine rings is 1. The first-order chi connectivity index (χ1) is 9.81. The van der Waals surface area contributed by atoms with Crippen LogP contribution in [0, 0.1) is 0 Å². The molecule has 2 nitrogen and oxygen atoms in total. The molecule has 1 aliphatic carbocycles. The summed E-state index contributed by atoms with van der Waals surface area (Å²) >= 11 is 0. The third kappa shape index (κ3) is 2.14. The predicted molar refractivity (Wildman–Crippen MR) is 84.5 cm³/mol. The fourth-order valence-electron chi connectivity index (χ4n) is 4.45. The van der Waals surface area contributed by atoms with E-state index in [1.54, 1.807) is 11.1 Å². The van der Waals surface area contributed by atoms with E-state index in [0.717, 1.165) is 6.04 Å². The molecular formula is C18H26N2. The molecule has 2 atom stereocenters. The Bertz CT molecular complexity index is 496. The standard InChI is InChI=1S/C18H26N2/c1-14-12-19-10-3-2-7-18(19)13-20(14)17-9-8-15-5-4-6-16(15)11-17/h8-9,11,14,18H,2-7,10,12-13H2,1H3. The number of fused-ring (bicyclic) bond motifs is 2. The van der Waals surface area contributed by atoms with Gasteiger partial charge in [0.1, 0.15) is 0 Å². The van der Waals surface area contributed by atoms with Gasteiger partial charge in [-0.2, -0.15) is 0 Å². The Balaban J connectivity index is 1.58. The highest BCUT2D eigenvalue weighted by molar-refractivity contribution is 5.53. The summed E-state index contributed by atoms with van der Waals surface area (Å²) in [5.74, 6) is 0. The molecule has 108 valence electrons. The van der Waals surface area contributed by atoms with Gasteiger partial charge in [-0.05, 0) is 68.8 Å². The number of benzene rings is 1. The Morgan fingerprint density at radius 1 is 1.00 bits per heavy atom. The van der Waals surface area contributed by atoms with E-state index < -0.39 is 0 Å². The molecular weight excluding hydrogens is 244 g/mol. The second-order valence-electron chi connectivity index (χ2n) is 6.95. The van der Waals surface area contributed by atoms with Gasteiger partial charge >= 0.3 is 0 Å². The summed E-state index contributed by atoms with van der Waals surface area (Å²) in [6.45, 7) is 6.22. The van der Waals surface area contributed by atoms with Gasteiger partial charge < -0.3 is 4.90 Å². The maximum atomic E-state index is 2.73. The number of aryl methyl sites for hydroxylation is 2. The Labute approximate surface area is 122 Å². The fraction of sp³-hybridized carbons (Fsp3) is 0.667. The predicted octanol–water partition coefficient (Wildman–Crippen LogP) is 3.24.